The van der Waals surface area contributed by atoms with Gasteiger partial charge in [-0.2, -0.15) is 0 Å². The van der Waals surface area contributed by atoms with E-state index >= 15 is 0 Å². The predicted octanol–water partition coefficient (Wildman–Crippen LogP) is 5.41. The quantitative estimate of drug-likeness (QED) is 0.504. The summed E-state index contributed by atoms with van der Waals surface area (Å²) in [4.78, 5) is 0. The molecule has 0 aliphatic heterocycles. The van der Waals surface area contributed by atoms with Gasteiger partial charge in [-0.3, -0.25) is 0 Å². The highest BCUT2D eigenvalue weighted by atomic mass is 127. The molecule has 0 saturated carbocycles. The molecule has 0 aliphatic rings. The molecule has 0 aromatic heterocycles. The number of ether oxygens (including phenoxy) is 1. The van der Waals surface area contributed by atoms with Crippen molar-refractivity contribution >= 4 is 34.2 Å². The molecular formula is C16H16ClIO. The van der Waals surface area contributed by atoms with E-state index < -0.39 is 0 Å². The van der Waals surface area contributed by atoms with Crippen molar-refractivity contribution in [3.05, 3.63) is 63.2 Å². The number of hydrogen-bond donors (Lipinski definition) is 0. The Morgan fingerprint density at radius 2 is 1.68 bits per heavy atom. The highest BCUT2D eigenvalue weighted by Gasteiger charge is 2.11. The van der Waals surface area contributed by atoms with Gasteiger partial charge in [0.2, 0.25) is 0 Å². The van der Waals surface area contributed by atoms with Crippen LogP contribution in [0.1, 0.15) is 30.4 Å². The molecule has 1 nitrogen and oxygen atoms in total. The van der Waals surface area contributed by atoms with Crippen molar-refractivity contribution < 1.29 is 4.74 Å². The molecule has 0 radical (unpaired) electrons. The molecule has 3 heteroatoms. The molecule has 0 N–H and O–H groups in total. The molecule has 0 fully saturated rings. The third-order valence-corrected chi connectivity index (χ3v) is 3.86. The van der Waals surface area contributed by atoms with E-state index in [2.05, 4.69) is 40.8 Å². The maximum atomic E-state index is 6.52. The maximum Gasteiger partial charge on any atom is 0.119 e. The van der Waals surface area contributed by atoms with Gasteiger partial charge in [0.1, 0.15) is 5.75 Å². The Bertz CT molecular complexity index is 537. The van der Waals surface area contributed by atoms with Crippen LogP contribution in [-0.2, 0) is 0 Å². The Hall–Kier alpha value is -0.740. The van der Waals surface area contributed by atoms with Crippen LogP contribution in [-0.4, -0.2) is 6.10 Å². The van der Waals surface area contributed by atoms with Gasteiger partial charge < -0.3 is 4.74 Å². The van der Waals surface area contributed by atoms with Crippen LogP contribution >= 0.6 is 34.2 Å². The lowest BCUT2D eigenvalue weighted by atomic mass is 10.0. The predicted molar refractivity (Wildman–Crippen MR) is 89.1 cm³/mol. The second-order valence-electron chi connectivity index (χ2n) is 4.65. The van der Waals surface area contributed by atoms with E-state index in [0.717, 1.165) is 16.9 Å². The molecule has 19 heavy (non-hydrogen) atoms. The second-order valence-corrected chi connectivity index (χ2v) is 6.34. The molecule has 100 valence electrons. The molecule has 2 rings (SSSR count). The highest BCUT2D eigenvalue weighted by Crippen LogP contribution is 2.30. The molecule has 1 atom stereocenters. The van der Waals surface area contributed by atoms with Crippen molar-refractivity contribution in [2.75, 3.05) is 0 Å². The first-order valence-corrected chi connectivity index (χ1v) is 7.74. The number of rotatable bonds is 4. The molecule has 0 saturated heterocycles. The average Bonchev–Trinajstić information content (AvgIpc) is 2.38. The summed E-state index contributed by atoms with van der Waals surface area (Å²) in [6.07, 6.45) is 0.188. The maximum absolute atomic E-state index is 6.52. The van der Waals surface area contributed by atoms with Gasteiger partial charge in [0.15, 0.2) is 0 Å². The van der Waals surface area contributed by atoms with E-state index in [1.54, 1.807) is 0 Å². The van der Waals surface area contributed by atoms with Crippen molar-refractivity contribution in [2.45, 2.75) is 25.3 Å². The fraction of sp³-hybridized carbons (Fsp3) is 0.250. The van der Waals surface area contributed by atoms with Crippen LogP contribution in [0.25, 0.3) is 0 Å². The normalized spacial score (nSPS) is 12.5. The summed E-state index contributed by atoms with van der Waals surface area (Å²) < 4.78 is 6.82. The average molecular weight is 387 g/mol. The van der Waals surface area contributed by atoms with E-state index in [1.165, 1.54) is 3.57 Å². The van der Waals surface area contributed by atoms with Crippen molar-refractivity contribution in [1.29, 1.82) is 0 Å². The van der Waals surface area contributed by atoms with Crippen LogP contribution in [0, 0.1) is 3.57 Å². The summed E-state index contributed by atoms with van der Waals surface area (Å²) >= 11 is 8.82. The molecule has 2 aromatic carbocycles. The molecule has 0 amide bonds. The number of hydrogen-bond acceptors (Lipinski definition) is 1. The van der Waals surface area contributed by atoms with Gasteiger partial charge in [0, 0.05) is 3.57 Å². The van der Waals surface area contributed by atoms with Crippen molar-refractivity contribution in [3.63, 3.8) is 0 Å². The fourth-order valence-corrected chi connectivity index (χ4v) is 2.69. The summed E-state index contributed by atoms with van der Waals surface area (Å²) in [7, 11) is 0. The van der Waals surface area contributed by atoms with E-state index in [0.29, 0.717) is 0 Å². The summed E-state index contributed by atoms with van der Waals surface area (Å²) in [5, 5.41) is -0.122. The monoisotopic (exact) mass is 386 g/mol. The van der Waals surface area contributed by atoms with Gasteiger partial charge in [0.25, 0.3) is 0 Å². The van der Waals surface area contributed by atoms with Gasteiger partial charge in [-0.25, -0.2) is 0 Å². The van der Waals surface area contributed by atoms with E-state index in [-0.39, 0.29) is 11.5 Å². The molecule has 2 aromatic rings. The van der Waals surface area contributed by atoms with Gasteiger partial charge in [-0.1, -0.05) is 24.3 Å². The first kappa shape index (κ1) is 14.7. The molecule has 0 heterocycles. The second kappa shape index (κ2) is 6.62. The first-order chi connectivity index (χ1) is 9.06. The molecular weight excluding hydrogens is 371 g/mol. The van der Waals surface area contributed by atoms with Crippen LogP contribution < -0.4 is 4.74 Å². The van der Waals surface area contributed by atoms with Crippen molar-refractivity contribution in [3.8, 4) is 5.75 Å². The summed E-state index contributed by atoms with van der Waals surface area (Å²) in [5.41, 5.74) is 2.20. The zero-order valence-electron chi connectivity index (χ0n) is 10.9. The minimum atomic E-state index is -0.122. The van der Waals surface area contributed by atoms with E-state index in [1.807, 2.05) is 44.2 Å². The highest BCUT2D eigenvalue weighted by molar-refractivity contribution is 14.1. The lowest BCUT2D eigenvalue weighted by Crippen LogP contribution is -2.05. The number of halogens is 2. The minimum Gasteiger partial charge on any atom is -0.491 e. The van der Waals surface area contributed by atoms with E-state index in [4.69, 9.17) is 16.3 Å². The summed E-state index contributed by atoms with van der Waals surface area (Å²) in [6, 6.07) is 16.2. The number of alkyl halides is 1. The number of benzene rings is 2. The Morgan fingerprint density at radius 1 is 1.00 bits per heavy atom. The lowest BCUT2D eigenvalue weighted by Gasteiger charge is -2.13. The van der Waals surface area contributed by atoms with Crippen LogP contribution in [0.5, 0.6) is 5.75 Å². The van der Waals surface area contributed by atoms with Crippen molar-refractivity contribution in [1.82, 2.24) is 0 Å². The minimum absolute atomic E-state index is 0.122. The molecule has 0 spiro atoms. The topological polar surface area (TPSA) is 9.23 Å². The Morgan fingerprint density at radius 3 is 2.26 bits per heavy atom. The zero-order chi connectivity index (χ0) is 13.8. The van der Waals surface area contributed by atoms with Gasteiger partial charge in [-0.05, 0) is 71.8 Å². The van der Waals surface area contributed by atoms with Crippen molar-refractivity contribution in [2.24, 2.45) is 0 Å². The largest absolute Gasteiger partial charge is 0.491 e. The Kier molecular flexibility index (Phi) is 5.11. The van der Waals surface area contributed by atoms with Gasteiger partial charge in [-0.15, -0.1) is 11.6 Å². The first-order valence-electron chi connectivity index (χ1n) is 6.22. The van der Waals surface area contributed by atoms with Crippen LogP contribution in [0.4, 0.5) is 0 Å². The Balaban J connectivity index is 2.17. The van der Waals surface area contributed by atoms with E-state index in [9.17, 15) is 0 Å². The third-order valence-electron chi connectivity index (χ3n) is 2.69. The standard InChI is InChI=1S/C16H16ClIO/c1-11(2)19-15-8-6-12(7-9-15)16(17)13-4-3-5-14(18)10-13/h3-11,16H,1-2H3. The zero-order valence-corrected chi connectivity index (χ0v) is 13.9. The van der Waals surface area contributed by atoms with Crippen LogP contribution in [0.15, 0.2) is 48.5 Å². The van der Waals surface area contributed by atoms with Crippen LogP contribution in [0.3, 0.4) is 0 Å². The smallest absolute Gasteiger partial charge is 0.119 e. The third kappa shape index (κ3) is 4.11. The molecule has 0 bridgehead atoms. The van der Waals surface area contributed by atoms with Gasteiger partial charge in [0.05, 0.1) is 11.5 Å². The molecule has 0 aliphatic carbocycles. The summed E-state index contributed by atoms with van der Waals surface area (Å²) in [6.45, 7) is 4.04. The summed E-state index contributed by atoms with van der Waals surface area (Å²) in [5.74, 6) is 0.880. The Labute approximate surface area is 133 Å². The van der Waals surface area contributed by atoms with Crippen LogP contribution in [0.2, 0.25) is 0 Å². The lowest BCUT2D eigenvalue weighted by molar-refractivity contribution is 0.242. The SMILES string of the molecule is CC(C)Oc1ccc(C(Cl)c2cccc(I)c2)cc1. The van der Waals surface area contributed by atoms with Gasteiger partial charge >= 0.3 is 0 Å². The molecule has 1 unspecified atom stereocenters. The fourth-order valence-electron chi connectivity index (χ4n) is 1.84.